The van der Waals surface area contributed by atoms with Gasteiger partial charge in [0.2, 0.25) is 0 Å². The average Bonchev–Trinajstić information content (AvgIpc) is 2.67. The van der Waals surface area contributed by atoms with E-state index in [0.717, 1.165) is 4.90 Å². The number of nitrogens with zero attached hydrogens (tertiary/aromatic N) is 3. The molecule has 2 rings (SSSR count). The second-order valence-electron chi connectivity index (χ2n) is 3.10. The zero-order chi connectivity index (χ0) is 11.0. The van der Waals surface area contributed by atoms with Gasteiger partial charge in [0.05, 0.1) is 12.2 Å². The molecule has 1 saturated heterocycles. The number of aryl methyl sites for hydroxylation is 1. The van der Waals surface area contributed by atoms with Crippen LogP contribution in [0.3, 0.4) is 0 Å². The lowest BCUT2D eigenvalue weighted by molar-refractivity contribution is -0.140. The molecule has 0 bridgehead atoms. The quantitative estimate of drug-likeness (QED) is 0.499. The molecule has 0 aliphatic carbocycles. The normalized spacial score (nSPS) is 16.1. The predicted molar refractivity (Wildman–Crippen MR) is 47.3 cm³/mol. The zero-order valence-corrected chi connectivity index (χ0v) is 7.93. The van der Waals surface area contributed by atoms with Crippen molar-refractivity contribution in [2.45, 2.75) is 6.54 Å². The van der Waals surface area contributed by atoms with Crippen LogP contribution in [0.2, 0.25) is 0 Å². The number of hydrogen-bond acceptors (Lipinski definition) is 4. The Morgan fingerprint density at radius 3 is 2.60 bits per heavy atom. The van der Waals surface area contributed by atoms with E-state index in [1.165, 1.54) is 4.68 Å². The Hall–Kier alpha value is -2.18. The summed E-state index contributed by atoms with van der Waals surface area (Å²) in [5.74, 6) is -1.72. The first-order valence-corrected chi connectivity index (χ1v) is 4.23. The van der Waals surface area contributed by atoms with Crippen LogP contribution in [0.4, 0.5) is 4.79 Å². The molecule has 0 radical (unpaired) electrons. The van der Waals surface area contributed by atoms with Crippen molar-refractivity contribution in [3.8, 4) is 0 Å². The van der Waals surface area contributed by atoms with Gasteiger partial charge in [-0.1, -0.05) is 0 Å². The largest absolute Gasteiger partial charge is 0.331 e. The summed E-state index contributed by atoms with van der Waals surface area (Å²) in [6.45, 7) is 0.0485. The van der Waals surface area contributed by atoms with Crippen molar-refractivity contribution in [2.75, 3.05) is 0 Å². The molecule has 1 aliphatic rings. The van der Waals surface area contributed by atoms with Gasteiger partial charge in [-0.25, -0.2) is 9.69 Å². The number of aromatic nitrogens is 2. The topological polar surface area (TPSA) is 84.3 Å². The van der Waals surface area contributed by atoms with Crippen LogP contribution in [0.5, 0.6) is 0 Å². The van der Waals surface area contributed by atoms with Crippen LogP contribution in [0.25, 0.3) is 0 Å². The maximum absolute atomic E-state index is 11.2. The van der Waals surface area contributed by atoms with Crippen LogP contribution in [-0.2, 0) is 23.2 Å². The second kappa shape index (κ2) is 3.19. The van der Waals surface area contributed by atoms with Gasteiger partial charge in [-0.2, -0.15) is 5.10 Å². The van der Waals surface area contributed by atoms with E-state index >= 15 is 0 Å². The third kappa shape index (κ3) is 1.47. The van der Waals surface area contributed by atoms with E-state index in [-0.39, 0.29) is 6.54 Å². The van der Waals surface area contributed by atoms with E-state index in [2.05, 4.69) is 5.10 Å². The number of amides is 4. The average molecular weight is 208 g/mol. The Morgan fingerprint density at radius 1 is 1.40 bits per heavy atom. The smallest absolute Gasteiger partial charge is 0.271 e. The van der Waals surface area contributed by atoms with Crippen molar-refractivity contribution in [3.05, 3.63) is 18.0 Å². The van der Waals surface area contributed by atoms with Gasteiger partial charge in [-0.3, -0.25) is 19.6 Å². The number of carbonyl (C=O) groups excluding carboxylic acids is 3. The highest BCUT2D eigenvalue weighted by molar-refractivity contribution is 6.44. The maximum Gasteiger partial charge on any atom is 0.331 e. The molecule has 0 atom stereocenters. The summed E-state index contributed by atoms with van der Waals surface area (Å²) in [5.41, 5.74) is 0.674. The minimum absolute atomic E-state index is 0.0485. The summed E-state index contributed by atoms with van der Waals surface area (Å²) >= 11 is 0. The van der Waals surface area contributed by atoms with Gasteiger partial charge in [-0.15, -0.1) is 0 Å². The second-order valence-corrected chi connectivity index (χ2v) is 3.10. The Kier molecular flexibility index (Phi) is 2.00. The van der Waals surface area contributed by atoms with Gasteiger partial charge in [0.25, 0.3) is 0 Å². The fraction of sp³-hybridized carbons (Fsp3) is 0.250. The first-order valence-electron chi connectivity index (χ1n) is 4.23. The van der Waals surface area contributed by atoms with Crippen LogP contribution in [0.15, 0.2) is 12.3 Å². The van der Waals surface area contributed by atoms with E-state index in [1.807, 2.05) is 5.32 Å². The van der Waals surface area contributed by atoms with E-state index in [1.54, 1.807) is 19.3 Å². The van der Waals surface area contributed by atoms with Crippen LogP contribution in [0.1, 0.15) is 5.69 Å². The third-order valence-corrected chi connectivity index (χ3v) is 2.15. The van der Waals surface area contributed by atoms with Crippen LogP contribution in [0, 0.1) is 0 Å². The highest BCUT2D eigenvalue weighted by Gasteiger charge is 2.37. The Bertz CT molecular complexity index is 450. The summed E-state index contributed by atoms with van der Waals surface area (Å²) in [4.78, 5) is 34.1. The Labute approximate surface area is 84.7 Å². The third-order valence-electron chi connectivity index (χ3n) is 2.15. The van der Waals surface area contributed by atoms with Gasteiger partial charge < -0.3 is 0 Å². The molecular formula is C8H8N4O3. The molecule has 0 saturated carbocycles. The van der Waals surface area contributed by atoms with Crippen molar-refractivity contribution in [2.24, 2.45) is 7.05 Å². The van der Waals surface area contributed by atoms with Gasteiger partial charge in [0, 0.05) is 13.2 Å². The molecule has 0 spiro atoms. The number of hydrogen-bond donors (Lipinski definition) is 1. The SMILES string of the molecule is Cn1nccc1CN1C(=O)NC(=O)C1=O. The summed E-state index contributed by atoms with van der Waals surface area (Å²) in [6, 6.07) is 0.981. The molecule has 1 aliphatic heterocycles. The summed E-state index contributed by atoms with van der Waals surface area (Å²) in [6.07, 6.45) is 1.55. The monoisotopic (exact) mass is 208 g/mol. The molecule has 7 nitrogen and oxygen atoms in total. The molecule has 4 amide bonds. The van der Waals surface area contributed by atoms with Crippen LogP contribution < -0.4 is 5.32 Å². The highest BCUT2D eigenvalue weighted by atomic mass is 16.2. The Morgan fingerprint density at radius 2 is 2.13 bits per heavy atom. The van der Waals surface area contributed by atoms with Crippen molar-refractivity contribution < 1.29 is 14.4 Å². The van der Waals surface area contributed by atoms with Gasteiger partial charge in [-0.05, 0) is 6.07 Å². The number of nitrogens with one attached hydrogen (secondary N) is 1. The van der Waals surface area contributed by atoms with Crippen LogP contribution in [-0.4, -0.2) is 32.5 Å². The number of imide groups is 2. The molecule has 1 aromatic heterocycles. The fourth-order valence-corrected chi connectivity index (χ4v) is 1.29. The molecule has 1 aromatic rings. The predicted octanol–water partition coefficient (Wildman–Crippen LogP) is -1.00. The molecule has 7 heteroatoms. The minimum atomic E-state index is -0.887. The van der Waals surface area contributed by atoms with Gasteiger partial charge >= 0.3 is 17.8 Å². The summed E-state index contributed by atoms with van der Waals surface area (Å²) < 4.78 is 1.53. The van der Waals surface area contributed by atoms with Crippen molar-refractivity contribution in [1.82, 2.24) is 20.0 Å². The van der Waals surface area contributed by atoms with Crippen LogP contribution >= 0.6 is 0 Å². The molecule has 15 heavy (non-hydrogen) atoms. The zero-order valence-electron chi connectivity index (χ0n) is 7.93. The molecule has 0 unspecified atom stereocenters. The van der Waals surface area contributed by atoms with Gasteiger partial charge in [0.15, 0.2) is 0 Å². The maximum atomic E-state index is 11.2. The molecule has 0 aromatic carbocycles. The summed E-state index contributed by atoms with van der Waals surface area (Å²) in [7, 11) is 1.69. The summed E-state index contributed by atoms with van der Waals surface area (Å²) in [5, 5.41) is 5.81. The lowest BCUT2D eigenvalue weighted by Crippen LogP contribution is -2.31. The van der Waals surface area contributed by atoms with Crippen molar-refractivity contribution >= 4 is 17.8 Å². The van der Waals surface area contributed by atoms with Gasteiger partial charge in [0.1, 0.15) is 0 Å². The van der Waals surface area contributed by atoms with E-state index in [0.29, 0.717) is 5.69 Å². The van der Waals surface area contributed by atoms with Crippen molar-refractivity contribution in [1.29, 1.82) is 0 Å². The molecule has 2 heterocycles. The lowest BCUT2D eigenvalue weighted by atomic mass is 10.4. The highest BCUT2D eigenvalue weighted by Crippen LogP contribution is 2.07. The number of urea groups is 1. The number of rotatable bonds is 2. The molecular weight excluding hydrogens is 200 g/mol. The minimum Gasteiger partial charge on any atom is -0.271 e. The fourth-order valence-electron chi connectivity index (χ4n) is 1.29. The number of carbonyl (C=O) groups is 3. The first kappa shape index (κ1) is 9.38. The lowest BCUT2D eigenvalue weighted by Gasteiger charge is -2.10. The molecule has 78 valence electrons. The van der Waals surface area contributed by atoms with Crippen molar-refractivity contribution in [3.63, 3.8) is 0 Å². The molecule has 1 N–H and O–H groups in total. The Balaban J connectivity index is 2.20. The van der Waals surface area contributed by atoms with E-state index in [9.17, 15) is 14.4 Å². The standard InChI is InChI=1S/C8H8N4O3/c1-11-5(2-3-9-11)4-12-7(14)6(13)10-8(12)15/h2-3H,4H2,1H3,(H,10,13,15). The molecule has 1 fully saturated rings. The van der Waals surface area contributed by atoms with E-state index < -0.39 is 17.8 Å². The first-order chi connectivity index (χ1) is 7.09. The van der Waals surface area contributed by atoms with E-state index in [4.69, 9.17) is 0 Å².